The van der Waals surface area contributed by atoms with E-state index in [9.17, 15) is 14.3 Å². The molecule has 0 aromatic heterocycles. The first-order chi connectivity index (χ1) is 14.8. The van der Waals surface area contributed by atoms with Crippen molar-refractivity contribution in [2.75, 3.05) is 13.1 Å². The van der Waals surface area contributed by atoms with Crippen LogP contribution in [0.15, 0.2) is 36.4 Å². The van der Waals surface area contributed by atoms with Crippen LogP contribution in [-0.4, -0.2) is 34.7 Å². The highest BCUT2D eigenvalue weighted by molar-refractivity contribution is 6.30. The Balaban J connectivity index is 1.44. The molecular weight excluding hydrogens is 417 g/mol. The fourth-order valence-electron chi connectivity index (χ4n) is 4.82. The number of carboxylic acids is 1. The van der Waals surface area contributed by atoms with Crippen LogP contribution in [0, 0.1) is 11.7 Å². The standard InChI is InChI=1S/C25H29ClFNO3/c1-16(24(29)30)13-18-3-4-19-7-8-25(31-23(19)14-18)9-11-28(12-10-25)17(2)21-15-20(26)5-6-22(21)27/h3-6,14-17H,7-13H2,1-2H3,(H,29,30). The number of ether oxygens (including phenoxy) is 1. The number of hydrogen-bond donors (Lipinski definition) is 1. The van der Waals surface area contributed by atoms with Gasteiger partial charge in [-0.1, -0.05) is 30.7 Å². The first-order valence-corrected chi connectivity index (χ1v) is 11.4. The second-order valence-electron chi connectivity index (χ2n) is 9.05. The Kier molecular flexibility index (Phi) is 6.27. The Bertz CT molecular complexity index is 971. The van der Waals surface area contributed by atoms with Crippen molar-refractivity contribution in [3.63, 3.8) is 0 Å². The lowest BCUT2D eigenvalue weighted by molar-refractivity contribution is -0.141. The molecule has 0 saturated carbocycles. The maximum atomic E-state index is 14.3. The van der Waals surface area contributed by atoms with Crippen LogP contribution in [0.2, 0.25) is 5.02 Å². The van der Waals surface area contributed by atoms with Crippen LogP contribution in [0.5, 0.6) is 5.75 Å². The summed E-state index contributed by atoms with van der Waals surface area (Å²) in [6.45, 7) is 5.42. The average molecular weight is 446 g/mol. The number of hydrogen-bond acceptors (Lipinski definition) is 3. The number of fused-ring (bicyclic) bond motifs is 1. The number of aliphatic carboxylic acids is 1. The molecule has 4 rings (SSSR count). The smallest absolute Gasteiger partial charge is 0.306 e. The minimum Gasteiger partial charge on any atom is -0.487 e. The van der Waals surface area contributed by atoms with E-state index in [1.165, 1.54) is 11.6 Å². The quantitative estimate of drug-likeness (QED) is 0.644. The first kappa shape index (κ1) is 22.1. The Morgan fingerprint density at radius 1 is 1.19 bits per heavy atom. The second-order valence-corrected chi connectivity index (χ2v) is 9.48. The molecule has 4 nitrogen and oxygen atoms in total. The number of nitrogens with zero attached hydrogens (tertiary/aromatic N) is 1. The third kappa shape index (κ3) is 4.73. The van der Waals surface area contributed by atoms with Crippen LogP contribution in [0.3, 0.4) is 0 Å². The van der Waals surface area contributed by atoms with Gasteiger partial charge in [-0.15, -0.1) is 0 Å². The van der Waals surface area contributed by atoms with E-state index in [-0.39, 0.29) is 17.5 Å². The molecule has 2 unspecified atom stereocenters. The number of likely N-dealkylation sites (tertiary alicyclic amines) is 1. The largest absolute Gasteiger partial charge is 0.487 e. The van der Waals surface area contributed by atoms with Crippen molar-refractivity contribution in [1.82, 2.24) is 4.90 Å². The fraction of sp³-hybridized carbons (Fsp3) is 0.480. The third-order valence-corrected chi connectivity index (χ3v) is 7.17. The number of benzene rings is 2. The molecule has 1 fully saturated rings. The van der Waals surface area contributed by atoms with Crippen LogP contribution in [0.1, 0.15) is 55.8 Å². The van der Waals surface area contributed by atoms with Gasteiger partial charge in [0.15, 0.2) is 0 Å². The Morgan fingerprint density at radius 2 is 1.94 bits per heavy atom. The van der Waals surface area contributed by atoms with E-state index >= 15 is 0 Å². The Morgan fingerprint density at radius 3 is 2.65 bits per heavy atom. The number of carbonyl (C=O) groups is 1. The maximum Gasteiger partial charge on any atom is 0.306 e. The summed E-state index contributed by atoms with van der Waals surface area (Å²) in [7, 11) is 0. The van der Waals surface area contributed by atoms with Crippen molar-refractivity contribution in [3.8, 4) is 5.75 Å². The SMILES string of the molecule is CC(Cc1ccc2c(c1)OC1(CC2)CCN(C(C)c2cc(Cl)ccc2F)CC1)C(=O)O. The second kappa shape index (κ2) is 8.79. The molecule has 6 heteroatoms. The zero-order valence-electron chi connectivity index (χ0n) is 18.0. The van der Waals surface area contributed by atoms with E-state index in [0.717, 1.165) is 50.1 Å². The number of piperidine rings is 1. The monoisotopic (exact) mass is 445 g/mol. The van der Waals surface area contributed by atoms with Crippen molar-refractivity contribution >= 4 is 17.6 Å². The molecule has 1 N–H and O–H groups in total. The van der Waals surface area contributed by atoms with Crippen molar-refractivity contribution in [1.29, 1.82) is 0 Å². The molecule has 2 atom stereocenters. The van der Waals surface area contributed by atoms with Crippen molar-refractivity contribution < 1.29 is 19.0 Å². The zero-order chi connectivity index (χ0) is 22.2. The summed E-state index contributed by atoms with van der Waals surface area (Å²) in [4.78, 5) is 13.5. The van der Waals surface area contributed by atoms with Crippen LogP contribution >= 0.6 is 11.6 Å². The molecule has 1 spiro atoms. The van der Waals surface area contributed by atoms with Gasteiger partial charge in [0.25, 0.3) is 0 Å². The summed E-state index contributed by atoms with van der Waals surface area (Å²) in [6.07, 6.45) is 4.19. The van der Waals surface area contributed by atoms with Crippen molar-refractivity contribution in [3.05, 3.63) is 63.9 Å². The van der Waals surface area contributed by atoms with Gasteiger partial charge in [-0.05, 0) is 74.4 Å². The molecule has 1 saturated heterocycles. The predicted octanol–water partition coefficient (Wildman–Crippen LogP) is 5.66. The fourth-order valence-corrected chi connectivity index (χ4v) is 5.00. The van der Waals surface area contributed by atoms with Gasteiger partial charge in [0, 0.05) is 29.7 Å². The minimum absolute atomic E-state index is 0.0453. The van der Waals surface area contributed by atoms with Crippen molar-refractivity contribution in [2.24, 2.45) is 5.92 Å². The molecule has 2 heterocycles. The van der Waals surface area contributed by atoms with E-state index in [4.69, 9.17) is 16.3 Å². The molecule has 0 bridgehead atoms. The van der Waals surface area contributed by atoms with Gasteiger partial charge in [0.2, 0.25) is 0 Å². The number of aryl methyl sites for hydroxylation is 1. The normalized spacial score (nSPS) is 20.0. The van der Waals surface area contributed by atoms with E-state index in [1.807, 2.05) is 19.1 Å². The molecule has 2 aromatic rings. The van der Waals surface area contributed by atoms with Crippen LogP contribution < -0.4 is 4.74 Å². The topological polar surface area (TPSA) is 49.8 Å². The molecule has 0 amide bonds. The van der Waals surface area contributed by atoms with E-state index in [1.54, 1.807) is 19.1 Å². The Hall–Kier alpha value is -2.11. The lowest BCUT2D eigenvalue weighted by Gasteiger charge is -2.46. The van der Waals surface area contributed by atoms with Gasteiger partial charge < -0.3 is 9.84 Å². The maximum absolute atomic E-state index is 14.3. The molecular formula is C25H29ClFNO3. The van der Waals surface area contributed by atoms with E-state index < -0.39 is 11.9 Å². The molecule has 2 aromatic carbocycles. The van der Waals surface area contributed by atoms with Crippen LogP contribution in [0.4, 0.5) is 4.39 Å². The summed E-state index contributed by atoms with van der Waals surface area (Å²) >= 11 is 6.09. The van der Waals surface area contributed by atoms with Gasteiger partial charge in [-0.2, -0.15) is 0 Å². The lowest BCUT2D eigenvalue weighted by Crippen LogP contribution is -2.50. The van der Waals surface area contributed by atoms with Crippen LogP contribution in [-0.2, 0) is 17.6 Å². The number of carboxylic acid groups (broad SMARTS) is 1. The average Bonchev–Trinajstić information content (AvgIpc) is 2.75. The summed E-state index contributed by atoms with van der Waals surface area (Å²) in [5.41, 5.74) is 2.62. The molecule has 31 heavy (non-hydrogen) atoms. The van der Waals surface area contributed by atoms with Gasteiger partial charge in [-0.25, -0.2) is 4.39 Å². The Labute approximate surface area is 188 Å². The van der Waals surface area contributed by atoms with Gasteiger partial charge >= 0.3 is 5.97 Å². The van der Waals surface area contributed by atoms with E-state index in [0.29, 0.717) is 17.0 Å². The zero-order valence-corrected chi connectivity index (χ0v) is 18.8. The molecule has 166 valence electrons. The first-order valence-electron chi connectivity index (χ1n) is 11.0. The minimum atomic E-state index is -0.784. The summed E-state index contributed by atoms with van der Waals surface area (Å²) in [5, 5.41) is 9.75. The summed E-state index contributed by atoms with van der Waals surface area (Å²) in [5.74, 6) is -0.535. The predicted molar refractivity (Wildman–Crippen MR) is 119 cm³/mol. The summed E-state index contributed by atoms with van der Waals surface area (Å²) in [6, 6.07) is 10.8. The van der Waals surface area contributed by atoms with E-state index in [2.05, 4.69) is 11.0 Å². The highest BCUT2D eigenvalue weighted by Gasteiger charge is 2.40. The number of rotatable bonds is 5. The molecule has 0 radical (unpaired) electrons. The summed E-state index contributed by atoms with van der Waals surface area (Å²) < 4.78 is 20.9. The lowest BCUT2D eigenvalue weighted by atomic mass is 9.82. The van der Waals surface area contributed by atoms with Gasteiger partial charge in [0.1, 0.15) is 17.2 Å². The molecule has 0 aliphatic carbocycles. The highest BCUT2D eigenvalue weighted by atomic mass is 35.5. The molecule has 2 aliphatic rings. The number of halogens is 2. The molecule has 2 aliphatic heterocycles. The van der Waals surface area contributed by atoms with Gasteiger partial charge in [-0.3, -0.25) is 9.69 Å². The van der Waals surface area contributed by atoms with Crippen LogP contribution in [0.25, 0.3) is 0 Å². The van der Waals surface area contributed by atoms with Gasteiger partial charge in [0.05, 0.1) is 5.92 Å². The third-order valence-electron chi connectivity index (χ3n) is 6.94. The van der Waals surface area contributed by atoms with Crippen molar-refractivity contribution in [2.45, 2.75) is 57.6 Å². The highest BCUT2D eigenvalue weighted by Crippen LogP contribution is 2.41.